The molecule has 0 saturated heterocycles. The first-order valence-electron chi connectivity index (χ1n) is 11.0. The fourth-order valence-corrected chi connectivity index (χ4v) is 3.40. The molecule has 2 aromatic rings. The van der Waals surface area contributed by atoms with Gasteiger partial charge in [-0.3, -0.25) is 19.4 Å². The standard InChI is InChI=1S/C24H28N4O6/c1-15(2)20(28-24(32)34-14-16-6-4-3-5-7-16)22(30)27-18-12-17-8-9-25-13-19(17)33-11-10-26-23(31)21(18)29/h3-9,13,15,18,20H,10-12,14H2,1-2H3,(H,26,31)(H,27,30)(H,28,32). The molecule has 0 radical (unpaired) electrons. The number of benzene rings is 1. The second-order valence-electron chi connectivity index (χ2n) is 8.15. The molecule has 1 aliphatic rings. The van der Waals surface area contributed by atoms with Crippen LogP contribution in [0.15, 0.2) is 48.8 Å². The number of rotatable bonds is 6. The summed E-state index contributed by atoms with van der Waals surface area (Å²) < 4.78 is 10.8. The van der Waals surface area contributed by atoms with E-state index in [1.807, 2.05) is 30.3 Å². The summed E-state index contributed by atoms with van der Waals surface area (Å²) in [6.07, 6.45) is 2.32. The normalized spacial score (nSPS) is 17.0. The summed E-state index contributed by atoms with van der Waals surface area (Å²) in [6.45, 7) is 3.85. The Kier molecular flexibility index (Phi) is 8.55. The Morgan fingerprint density at radius 3 is 2.71 bits per heavy atom. The van der Waals surface area contributed by atoms with Gasteiger partial charge in [0.2, 0.25) is 11.7 Å². The largest absolute Gasteiger partial charge is 0.490 e. The second-order valence-corrected chi connectivity index (χ2v) is 8.15. The van der Waals surface area contributed by atoms with Gasteiger partial charge in [0.15, 0.2) is 0 Å². The molecule has 1 aromatic heterocycles. The van der Waals surface area contributed by atoms with Crippen LogP contribution in [0.2, 0.25) is 0 Å². The molecule has 3 rings (SSSR count). The van der Waals surface area contributed by atoms with Crippen LogP contribution in [-0.2, 0) is 32.1 Å². The molecule has 0 saturated carbocycles. The lowest BCUT2D eigenvalue weighted by Gasteiger charge is -2.25. The van der Waals surface area contributed by atoms with Crippen LogP contribution >= 0.6 is 0 Å². The summed E-state index contributed by atoms with van der Waals surface area (Å²) in [5.41, 5.74) is 1.43. The minimum atomic E-state index is -1.15. The summed E-state index contributed by atoms with van der Waals surface area (Å²) in [7, 11) is 0. The number of ketones is 1. The molecule has 180 valence electrons. The van der Waals surface area contributed by atoms with Gasteiger partial charge in [0, 0.05) is 12.6 Å². The fraction of sp³-hybridized carbons (Fsp3) is 0.375. The van der Waals surface area contributed by atoms with E-state index in [0.29, 0.717) is 11.3 Å². The number of nitrogens with zero attached hydrogens (tertiary/aromatic N) is 1. The van der Waals surface area contributed by atoms with E-state index in [1.165, 1.54) is 6.20 Å². The van der Waals surface area contributed by atoms with Gasteiger partial charge >= 0.3 is 6.09 Å². The molecule has 2 heterocycles. The van der Waals surface area contributed by atoms with Gasteiger partial charge in [-0.1, -0.05) is 44.2 Å². The first-order chi connectivity index (χ1) is 16.3. The number of ether oxygens (including phenoxy) is 2. The molecule has 2 unspecified atom stereocenters. The van der Waals surface area contributed by atoms with E-state index in [1.54, 1.807) is 26.1 Å². The Bertz CT molecular complexity index is 1030. The number of pyridine rings is 1. The number of alkyl carbamates (subject to hydrolysis) is 1. The van der Waals surface area contributed by atoms with Crippen molar-refractivity contribution in [1.29, 1.82) is 0 Å². The van der Waals surface area contributed by atoms with Crippen LogP contribution in [0.5, 0.6) is 5.75 Å². The molecule has 10 heteroatoms. The van der Waals surface area contributed by atoms with Crippen molar-refractivity contribution in [3.63, 3.8) is 0 Å². The Morgan fingerprint density at radius 1 is 1.21 bits per heavy atom. The summed E-state index contributed by atoms with van der Waals surface area (Å²) in [4.78, 5) is 54.5. The molecule has 3 N–H and O–H groups in total. The number of carbonyl (C=O) groups is 4. The van der Waals surface area contributed by atoms with Crippen molar-refractivity contribution in [3.05, 3.63) is 59.9 Å². The summed E-state index contributed by atoms with van der Waals surface area (Å²) in [5.74, 6) is -2.05. The average molecular weight is 469 g/mol. The predicted octanol–water partition coefficient (Wildman–Crippen LogP) is 1.14. The number of fused-ring (bicyclic) bond motifs is 1. The van der Waals surface area contributed by atoms with Gasteiger partial charge in [0.1, 0.15) is 31.0 Å². The first kappa shape index (κ1) is 24.7. The van der Waals surface area contributed by atoms with Crippen molar-refractivity contribution in [2.75, 3.05) is 13.2 Å². The average Bonchev–Trinajstić information content (AvgIpc) is 2.83. The van der Waals surface area contributed by atoms with Crippen molar-refractivity contribution >= 4 is 23.7 Å². The number of hydrogen-bond donors (Lipinski definition) is 3. The maximum atomic E-state index is 13.1. The molecule has 0 bridgehead atoms. The highest BCUT2D eigenvalue weighted by molar-refractivity contribution is 6.38. The van der Waals surface area contributed by atoms with Gasteiger partial charge in [-0.25, -0.2) is 4.79 Å². The van der Waals surface area contributed by atoms with Gasteiger partial charge < -0.3 is 25.4 Å². The number of aromatic nitrogens is 1. The highest BCUT2D eigenvalue weighted by Gasteiger charge is 2.32. The van der Waals surface area contributed by atoms with Gasteiger partial charge in [0.25, 0.3) is 5.91 Å². The van der Waals surface area contributed by atoms with E-state index in [-0.39, 0.29) is 32.1 Å². The van der Waals surface area contributed by atoms with Gasteiger partial charge in [-0.15, -0.1) is 0 Å². The van der Waals surface area contributed by atoms with E-state index in [9.17, 15) is 19.2 Å². The summed E-state index contributed by atoms with van der Waals surface area (Å²) in [5, 5.41) is 7.65. The minimum Gasteiger partial charge on any atom is -0.490 e. The van der Waals surface area contributed by atoms with E-state index in [4.69, 9.17) is 9.47 Å². The zero-order valence-electron chi connectivity index (χ0n) is 19.1. The van der Waals surface area contributed by atoms with Crippen molar-refractivity contribution in [2.45, 2.75) is 39.0 Å². The van der Waals surface area contributed by atoms with E-state index in [0.717, 1.165) is 5.56 Å². The third-order valence-corrected chi connectivity index (χ3v) is 5.23. The van der Waals surface area contributed by atoms with Crippen LogP contribution in [0.1, 0.15) is 25.0 Å². The molecule has 0 spiro atoms. The van der Waals surface area contributed by atoms with Crippen LogP contribution in [0.25, 0.3) is 0 Å². The molecular formula is C24H28N4O6. The van der Waals surface area contributed by atoms with Crippen molar-refractivity contribution in [3.8, 4) is 5.75 Å². The Labute approximate surface area is 197 Å². The fourth-order valence-electron chi connectivity index (χ4n) is 3.40. The monoisotopic (exact) mass is 468 g/mol. The lowest BCUT2D eigenvalue weighted by molar-refractivity contribution is -0.140. The van der Waals surface area contributed by atoms with Crippen LogP contribution in [0.3, 0.4) is 0 Å². The van der Waals surface area contributed by atoms with Gasteiger partial charge in [0.05, 0.1) is 12.7 Å². The maximum absolute atomic E-state index is 13.1. The molecule has 10 nitrogen and oxygen atoms in total. The lowest BCUT2D eigenvalue weighted by Crippen LogP contribution is -2.56. The van der Waals surface area contributed by atoms with E-state index >= 15 is 0 Å². The topological polar surface area (TPSA) is 136 Å². The number of carbonyl (C=O) groups excluding carboxylic acids is 4. The number of nitrogens with one attached hydrogen (secondary N) is 3. The molecule has 34 heavy (non-hydrogen) atoms. The first-order valence-corrected chi connectivity index (χ1v) is 11.0. The Balaban J connectivity index is 1.70. The molecule has 2 atom stereocenters. The molecule has 3 amide bonds. The smallest absolute Gasteiger partial charge is 0.408 e. The van der Waals surface area contributed by atoms with E-state index in [2.05, 4.69) is 20.9 Å². The van der Waals surface area contributed by atoms with Crippen molar-refractivity contribution in [2.24, 2.45) is 5.92 Å². The second kappa shape index (κ2) is 11.8. The number of Topliss-reactive ketones (excluding diaryl/α,β-unsaturated/α-hetero) is 1. The molecule has 1 aliphatic heterocycles. The van der Waals surface area contributed by atoms with Crippen LogP contribution in [0.4, 0.5) is 4.79 Å². The molecule has 0 fully saturated rings. The third kappa shape index (κ3) is 6.77. The zero-order chi connectivity index (χ0) is 24.5. The van der Waals surface area contributed by atoms with Gasteiger partial charge in [-0.05, 0) is 23.1 Å². The summed E-state index contributed by atoms with van der Waals surface area (Å²) >= 11 is 0. The van der Waals surface area contributed by atoms with Crippen LogP contribution < -0.4 is 20.7 Å². The predicted molar refractivity (Wildman–Crippen MR) is 122 cm³/mol. The SMILES string of the molecule is CC(C)C(NC(=O)OCc1ccccc1)C(=O)NC1Cc2ccncc2OCCNC(=O)C1=O. The maximum Gasteiger partial charge on any atom is 0.408 e. The van der Waals surface area contributed by atoms with E-state index < -0.39 is 35.8 Å². The number of amides is 3. The van der Waals surface area contributed by atoms with Crippen molar-refractivity contribution < 1.29 is 28.7 Å². The molecular weight excluding hydrogens is 440 g/mol. The highest BCUT2D eigenvalue weighted by atomic mass is 16.5. The van der Waals surface area contributed by atoms with Crippen LogP contribution in [-0.4, -0.2) is 53.9 Å². The minimum absolute atomic E-state index is 0.0269. The number of hydrogen-bond acceptors (Lipinski definition) is 7. The van der Waals surface area contributed by atoms with Crippen molar-refractivity contribution in [1.82, 2.24) is 20.9 Å². The highest BCUT2D eigenvalue weighted by Crippen LogP contribution is 2.19. The van der Waals surface area contributed by atoms with Crippen LogP contribution in [0, 0.1) is 5.92 Å². The lowest BCUT2D eigenvalue weighted by atomic mass is 9.99. The Hall–Kier alpha value is -3.95. The molecule has 1 aromatic carbocycles. The molecule has 0 aliphatic carbocycles. The quantitative estimate of drug-likeness (QED) is 0.541. The van der Waals surface area contributed by atoms with Gasteiger partial charge in [-0.2, -0.15) is 0 Å². The third-order valence-electron chi connectivity index (χ3n) is 5.23. The zero-order valence-corrected chi connectivity index (χ0v) is 19.1. The summed E-state index contributed by atoms with van der Waals surface area (Å²) in [6, 6.07) is 8.66. The Morgan fingerprint density at radius 2 is 1.97 bits per heavy atom.